The summed E-state index contributed by atoms with van der Waals surface area (Å²) in [5.41, 5.74) is 0. The lowest BCUT2D eigenvalue weighted by molar-refractivity contribution is -0.122. The first-order valence-corrected chi connectivity index (χ1v) is 7.28. The van der Waals surface area contributed by atoms with Gasteiger partial charge in [0.2, 0.25) is 0 Å². The van der Waals surface area contributed by atoms with Gasteiger partial charge in [-0.3, -0.25) is 0 Å². The zero-order chi connectivity index (χ0) is 12.8. The predicted molar refractivity (Wildman–Crippen MR) is 74.4 cm³/mol. The second-order valence-corrected chi connectivity index (χ2v) is 5.42. The topological polar surface area (TPSA) is 27.7 Å². The molecule has 0 saturated heterocycles. The van der Waals surface area contributed by atoms with Gasteiger partial charge < -0.3 is 14.2 Å². The lowest BCUT2D eigenvalue weighted by Crippen LogP contribution is -2.51. The molecule has 0 aromatic heterocycles. The molecular formula is C14H19BrO3. The Balaban J connectivity index is 1.61. The second kappa shape index (κ2) is 7.12. The molecule has 2 rings (SSSR count). The Kier molecular flexibility index (Phi) is 5.47. The van der Waals surface area contributed by atoms with Crippen LogP contribution in [0.4, 0.5) is 0 Å². The molecule has 4 heteroatoms. The third-order valence-electron chi connectivity index (χ3n) is 2.97. The summed E-state index contributed by atoms with van der Waals surface area (Å²) in [6.07, 6.45) is 1.40. The fraction of sp³-hybridized carbons (Fsp3) is 0.571. The van der Waals surface area contributed by atoms with Crippen molar-refractivity contribution < 1.29 is 14.2 Å². The van der Waals surface area contributed by atoms with Gasteiger partial charge in [0.15, 0.2) is 0 Å². The van der Waals surface area contributed by atoms with Gasteiger partial charge in [-0.05, 0) is 25.5 Å². The van der Waals surface area contributed by atoms with Crippen LogP contribution in [0.1, 0.15) is 13.3 Å². The normalized spacial score (nSPS) is 26.7. The molecule has 0 aliphatic heterocycles. The molecule has 1 saturated carbocycles. The molecule has 1 aromatic carbocycles. The van der Waals surface area contributed by atoms with Gasteiger partial charge in [0.25, 0.3) is 0 Å². The van der Waals surface area contributed by atoms with Crippen molar-refractivity contribution in [1.82, 2.24) is 0 Å². The van der Waals surface area contributed by atoms with Crippen LogP contribution in [0.25, 0.3) is 0 Å². The van der Waals surface area contributed by atoms with Crippen LogP contribution in [0.2, 0.25) is 0 Å². The van der Waals surface area contributed by atoms with Gasteiger partial charge in [0, 0.05) is 11.4 Å². The van der Waals surface area contributed by atoms with E-state index >= 15 is 0 Å². The van der Waals surface area contributed by atoms with Crippen LogP contribution in [0.3, 0.4) is 0 Å². The average molecular weight is 315 g/mol. The third kappa shape index (κ3) is 3.70. The maximum Gasteiger partial charge on any atom is 0.119 e. The van der Waals surface area contributed by atoms with Gasteiger partial charge in [-0.15, -0.1) is 0 Å². The molecule has 0 radical (unpaired) electrons. The number of alkyl halides is 1. The van der Waals surface area contributed by atoms with Crippen molar-refractivity contribution in [1.29, 1.82) is 0 Å². The van der Waals surface area contributed by atoms with E-state index in [-0.39, 0.29) is 12.2 Å². The Labute approximate surface area is 117 Å². The third-order valence-corrected chi connectivity index (χ3v) is 3.86. The summed E-state index contributed by atoms with van der Waals surface area (Å²) < 4.78 is 16.9. The van der Waals surface area contributed by atoms with E-state index in [4.69, 9.17) is 14.2 Å². The maximum atomic E-state index is 5.76. The van der Waals surface area contributed by atoms with Crippen molar-refractivity contribution in [2.24, 2.45) is 0 Å². The highest BCUT2D eigenvalue weighted by Gasteiger charge is 2.40. The predicted octanol–water partition coefficient (Wildman–Crippen LogP) is 3.02. The van der Waals surface area contributed by atoms with Crippen LogP contribution >= 0.6 is 15.9 Å². The molecule has 3 unspecified atom stereocenters. The number of para-hydroxylation sites is 1. The summed E-state index contributed by atoms with van der Waals surface area (Å²) in [6, 6.07) is 9.79. The molecule has 100 valence electrons. The molecule has 3 nitrogen and oxygen atoms in total. The Morgan fingerprint density at radius 2 is 1.94 bits per heavy atom. The van der Waals surface area contributed by atoms with Crippen molar-refractivity contribution in [3.05, 3.63) is 30.3 Å². The molecule has 1 fully saturated rings. The summed E-state index contributed by atoms with van der Waals surface area (Å²) in [7, 11) is 0. The van der Waals surface area contributed by atoms with Gasteiger partial charge in [0.05, 0.1) is 18.8 Å². The highest BCUT2D eigenvalue weighted by molar-refractivity contribution is 9.09. The van der Waals surface area contributed by atoms with Crippen molar-refractivity contribution in [2.45, 2.75) is 30.4 Å². The quantitative estimate of drug-likeness (QED) is 0.572. The molecule has 3 atom stereocenters. The average Bonchev–Trinajstić information content (AvgIpc) is 2.41. The summed E-state index contributed by atoms with van der Waals surface area (Å²) >= 11 is 3.58. The molecule has 0 amide bonds. The van der Waals surface area contributed by atoms with E-state index in [1.807, 2.05) is 37.3 Å². The fourth-order valence-electron chi connectivity index (χ4n) is 1.97. The van der Waals surface area contributed by atoms with E-state index < -0.39 is 0 Å². The van der Waals surface area contributed by atoms with Gasteiger partial charge in [0.1, 0.15) is 12.4 Å². The lowest BCUT2D eigenvalue weighted by atomic mass is 9.91. The van der Waals surface area contributed by atoms with E-state index in [0.29, 0.717) is 18.0 Å². The molecule has 0 N–H and O–H groups in total. The zero-order valence-corrected chi connectivity index (χ0v) is 12.1. The van der Waals surface area contributed by atoms with E-state index in [0.717, 1.165) is 18.8 Å². The number of hydrogen-bond donors (Lipinski definition) is 0. The SMILES string of the molecule is CCOC1C(Br)CC1OCCOc1ccccc1. The second-order valence-electron chi connectivity index (χ2n) is 4.24. The highest BCUT2D eigenvalue weighted by atomic mass is 79.9. The summed E-state index contributed by atoms with van der Waals surface area (Å²) in [5.74, 6) is 0.884. The van der Waals surface area contributed by atoms with Crippen molar-refractivity contribution in [2.75, 3.05) is 19.8 Å². The number of benzene rings is 1. The van der Waals surface area contributed by atoms with E-state index in [1.54, 1.807) is 0 Å². The number of hydrogen-bond acceptors (Lipinski definition) is 3. The smallest absolute Gasteiger partial charge is 0.119 e. The van der Waals surface area contributed by atoms with Gasteiger partial charge in [-0.2, -0.15) is 0 Å². The minimum Gasteiger partial charge on any atom is -0.491 e. The minimum atomic E-state index is 0.187. The van der Waals surface area contributed by atoms with Gasteiger partial charge in [-0.1, -0.05) is 34.1 Å². The van der Waals surface area contributed by atoms with E-state index in [1.165, 1.54) is 0 Å². The van der Waals surface area contributed by atoms with Gasteiger partial charge >= 0.3 is 0 Å². The summed E-state index contributed by atoms with van der Waals surface area (Å²) in [6.45, 7) is 3.91. The van der Waals surface area contributed by atoms with Crippen LogP contribution in [0.5, 0.6) is 5.75 Å². The van der Waals surface area contributed by atoms with E-state index in [2.05, 4.69) is 15.9 Å². The summed E-state index contributed by atoms with van der Waals surface area (Å²) in [4.78, 5) is 0.428. The summed E-state index contributed by atoms with van der Waals surface area (Å²) in [5, 5.41) is 0. The molecule has 1 aliphatic rings. The van der Waals surface area contributed by atoms with Crippen LogP contribution in [0, 0.1) is 0 Å². The Bertz CT molecular complexity index is 344. The molecule has 0 heterocycles. The maximum absolute atomic E-state index is 5.76. The Hall–Kier alpha value is -0.580. The zero-order valence-electron chi connectivity index (χ0n) is 10.5. The first-order chi connectivity index (χ1) is 8.81. The Morgan fingerprint density at radius 1 is 1.17 bits per heavy atom. The van der Waals surface area contributed by atoms with Crippen molar-refractivity contribution >= 4 is 15.9 Å². The number of rotatable bonds is 7. The minimum absolute atomic E-state index is 0.187. The molecule has 1 aromatic rings. The molecule has 18 heavy (non-hydrogen) atoms. The van der Waals surface area contributed by atoms with Crippen LogP contribution in [0.15, 0.2) is 30.3 Å². The fourth-order valence-corrected chi connectivity index (χ4v) is 2.83. The number of ether oxygens (including phenoxy) is 3. The van der Waals surface area contributed by atoms with E-state index in [9.17, 15) is 0 Å². The first-order valence-electron chi connectivity index (χ1n) is 6.36. The largest absolute Gasteiger partial charge is 0.491 e. The van der Waals surface area contributed by atoms with Crippen LogP contribution < -0.4 is 4.74 Å². The van der Waals surface area contributed by atoms with Crippen molar-refractivity contribution in [3.63, 3.8) is 0 Å². The molecular weight excluding hydrogens is 296 g/mol. The first kappa shape index (κ1) is 13.8. The molecule has 1 aliphatic carbocycles. The molecule has 0 bridgehead atoms. The highest BCUT2D eigenvalue weighted by Crippen LogP contribution is 2.33. The number of halogens is 1. The standard InChI is InChI=1S/C14H19BrO3/c1-2-16-14-12(15)10-13(14)18-9-8-17-11-6-4-3-5-7-11/h3-7,12-14H,2,8-10H2,1H3. The monoisotopic (exact) mass is 314 g/mol. The lowest BCUT2D eigenvalue weighted by Gasteiger charge is -2.40. The van der Waals surface area contributed by atoms with Gasteiger partial charge in [-0.25, -0.2) is 0 Å². The molecule has 0 spiro atoms. The van der Waals surface area contributed by atoms with Crippen LogP contribution in [-0.4, -0.2) is 36.9 Å². The van der Waals surface area contributed by atoms with Crippen molar-refractivity contribution in [3.8, 4) is 5.75 Å². The van der Waals surface area contributed by atoms with Crippen LogP contribution in [-0.2, 0) is 9.47 Å². The Morgan fingerprint density at radius 3 is 2.61 bits per heavy atom.